The lowest BCUT2D eigenvalue weighted by Gasteiger charge is -2.13. The second kappa shape index (κ2) is 14.2. The van der Waals surface area contributed by atoms with E-state index in [9.17, 15) is 0 Å². The first-order chi connectivity index (χ1) is 7.22. The van der Waals surface area contributed by atoms with Crippen LogP contribution in [0.15, 0.2) is 24.4 Å². The Kier molecular flexibility index (Phi) is 18.2. The normalized spacial score (nSPS) is 10.0. The zero-order valence-electron chi connectivity index (χ0n) is 11.4. The van der Waals surface area contributed by atoms with Crippen LogP contribution in [0.25, 0.3) is 0 Å². The molecule has 0 aliphatic rings. The molecular formula is C15H31N. The van der Waals surface area contributed by atoms with Gasteiger partial charge in [-0.05, 0) is 18.1 Å². The molecule has 96 valence electrons. The fraction of sp³-hybridized carbons (Fsp3) is 0.667. The van der Waals surface area contributed by atoms with Crippen LogP contribution < -0.4 is 0 Å². The highest BCUT2D eigenvalue weighted by Gasteiger charge is 2.09. The van der Waals surface area contributed by atoms with Crippen LogP contribution in [0.3, 0.4) is 0 Å². The quantitative estimate of drug-likeness (QED) is 0.645. The van der Waals surface area contributed by atoms with E-state index in [1.807, 2.05) is 46.0 Å². The van der Waals surface area contributed by atoms with E-state index in [0.29, 0.717) is 11.8 Å². The number of pyridine rings is 1. The lowest BCUT2D eigenvalue weighted by Crippen LogP contribution is -2.03. The van der Waals surface area contributed by atoms with Crippen molar-refractivity contribution in [3.05, 3.63) is 30.1 Å². The van der Waals surface area contributed by atoms with Crippen molar-refractivity contribution in [3.63, 3.8) is 0 Å². The van der Waals surface area contributed by atoms with E-state index in [-0.39, 0.29) is 7.43 Å². The molecule has 0 aliphatic carbocycles. The van der Waals surface area contributed by atoms with Crippen LogP contribution in [-0.2, 0) is 0 Å². The van der Waals surface area contributed by atoms with Gasteiger partial charge < -0.3 is 0 Å². The number of hydrogen-bond donors (Lipinski definition) is 0. The van der Waals surface area contributed by atoms with Gasteiger partial charge in [0.2, 0.25) is 0 Å². The van der Waals surface area contributed by atoms with Crippen LogP contribution in [0.1, 0.15) is 67.5 Å². The Morgan fingerprint density at radius 3 is 1.75 bits per heavy atom. The molecule has 0 bridgehead atoms. The van der Waals surface area contributed by atoms with E-state index in [0.717, 1.165) is 0 Å². The lowest BCUT2D eigenvalue weighted by atomic mass is 9.94. The molecule has 0 aromatic carbocycles. The lowest BCUT2D eigenvalue weighted by molar-refractivity contribution is 0.523. The summed E-state index contributed by atoms with van der Waals surface area (Å²) in [5.74, 6) is 1.24. The van der Waals surface area contributed by atoms with Gasteiger partial charge in [-0.1, -0.05) is 62.0 Å². The average molecular weight is 225 g/mol. The molecule has 1 rings (SSSR count). The molecule has 16 heavy (non-hydrogen) atoms. The Morgan fingerprint density at radius 2 is 1.44 bits per heavy atom. The highest BCUT2D eigenvalue weighted by atomic mass is 14.7. The molecule has 0 fully saturated rings. The third-order valence-electron chi connectivity index (χ3n) is 2.15. The monoisotopic (exact) mass is 225 g/mol. The molecule has 0 spiro atoms. The maximum absolute atomic E-state index is 4.30. The van der Waals surface area contributed by atoms with Crippen molar-refractivity contribution < 1.29 is 0 Å². The molecule has 1 aromatic rings. The summed E-state index contributed by atoms with van der Waals surface area (Å²) in [4.78, 5) is 4.30. The average Bonchev–Trinajstić information content (AvgIpc) is 2.34. The number of hydrogen-bond acceptors (Lipinski definition) is 1. The first kappa shape index (κ1) is 20.5. The number of aromatic nitrogens is 1. The summed E-state index contributed by atoms with van der Waals surface area (Å²) < 4.78 is 0. The summed E-state index contributed by atoms with van der Waals surface area (Å²) in [5.41, 5.74) is 1.20. The van der Waals surface area contributed by atoms with Crippen molar-refractivity contribution in [2.45, 2.75) is 61.8 Å². The molecule has 1 unspecified atom stereocenters. The third kappa shape index (κ3) is 8.46. The van der Waals surface area contributed by atoms with Crippen LogP contribution in [0.4, 0.5) is 0 Å². The molecule has 1 atom stereocenters. The van der Waals surface area contributed by atoms with E-state index in [4.69, 9.17) is 0 Å². The summed E-state index contributed by atoms with van der Waals surface area (Å²) in [6, 6.07) is 6.09. The van der Waals surface area contributed by atoms with Crippen LogP contribution >= 0.6 is 0 Å². The van der Waals surface area contributed by atoms with Crippen molar-refractivity contribution in [2.75, 3.05) is 0 Å². The van der Waals surface area contributed by atoms with E-state index in [1.165, 1.54) is 5.69 Å². The van der Waals surface area contributed by atoms with E-state index in [1.54, 1.807) is 0 Å². The summed E-state index contributed by atoms with van der Waals surface area (Å²) >= 11 is 0. The second-order valence-corrected chi connectivity index (χ2v) is 3.29. The minimum absolute atomic E-state index is 0. The molecule has 0 aliphatic heterocycles. The minimum atomic E-state index is 0. The van der Waals surface area contributed by atoms with Gasteiger partial charge in [0.15, 0.2) is 0 Å². The third-order valence-corrected chi connectivity index (χ3v) is 2.15. The Labute approximate surface area is 103 Å². The molecule has 0 saturated heterocycles. The molecule has 1 heteroatoms. The van der Waals surface area contributed by atoms with Crippen LogP contribution in [-0.4, -0.2) is 4.98 Å². The van der Waals surface area contributed by atoms with E-state index in [2.05, 4.69) is 31.8 Å². The topological polar surface area (TPSA) is 12.9 Å². The fourth-order valence-corrected chi connectivity index (χ4v) is 0.987. The summed E-state index contributed by atoms with van der Waals surface area (Å²) in [5, 5.41) is 0. The molecule has 0 radical (unpaired) electrons. The van der Waals surface area contributed by atoms with Gasteiger partial charge in [0.25, 0.3) is 0 Å². The standard InChI is InChI=1S/C10H15N.2C2H6.CH4/c1-8(2)9(3)10-6-4-5-7-11-10;2*1-2;/h4-9H,1-3H3;2*1-2H3;1H4. The summed E-state index contributed by atoms with van der Waals surface area (Å²) in [6.07, 6.45) is 1.86. The predicted octanol–water partition coefficient (Wildman–Crippen LogP) is 5.53. The highest BCUT2D eigenvalue weighted by molar-refractivity contribution is 5.08. The summed E-state index contributed by atoms with van der Waals surface area (Å²) in [7, 11) is 0. The Morgan fingerprint density at radius 1 is 0.938 bits per heavy atom. The molecule has 0 amide bonds. The highest BCUT2D eigenvalue weighted by Crippen LogP contribution is 2.20. The first-order valence-electron chi connectivity index (χ1n) is 6.12. The zero-order valence-corrected chi connectivity index (χ0v) is 11.4. The molecule has 0 saturated carbocycles. The van der Waals surface area contributed by atoms with Gasteiger partial charge in [-0.25, -0.2) is 0 Å². The van der Waals surface area contributed by atoms with Gasteiger partial charge in [-0.3, -0.25) is 4.98 Å². The van der Waals surface area contributed by atoms with Gasteiger partial charge >= 0.3 is 0 Å². The van der Waals surface area contributed by atoms with Gasteiger partial charge in [-0.2, -0.15) is 0 Å². The Balaban J connectivity index is -0.000000305. The van der Waals surface area contributed by atoms with Crippen LogP contribution in [0.2, 0.25) is 0 Å². The van der Waals surface area contributed by atoms with Gasteiger partial charge in [0.1, 0.15) is 0 Å². The summed E-state index contributed by atoms with van der Waals surface area (Å²) in [6.45, 7) is 14.7. The van der Waals surface area contributed by atoms with Gasteiger partial charge in [0.05, 0.1) is 0 Å². The molecule has 1 heterocycles. The van der Waals surface area contributed by atoms with Crippen LogP contribution in [0.5, 0.6) is 0 Å². The predicted molar refractivity (Wildman–Crippen MR) is 76.9 cm³/mol. The Hall–Kier alpha value is -0.850. The molecule has 1 nitrogen and oxygen atoms in total. The van der Waals surface area contributed by atoms with Crippen molar-refractivity contribution in [1.29, 1.82) is 0 Å². The maximum Gasteiger partial charge on any atom is 0.0434 e. The molecule has 1 aromatic heterocycles. The second-order valence-electron chi connectivity index (χ2n) is 3.29. The molecular weight excluding hydrogens is 194 g/mol. The van der Waals surface area contributed by atoms with Gasteiger partial charge in [0, 0.05) is 17.8 Å². The zero-order chi connectivity index (χ0) is 12.3. The Bertz CT molecular complexity index is 204. The fourth-order valence-electron chi connectivity index (χ4n) is 0.987. The van der Waals surface area contributed by atoms with Gasteiger partial charge in [-0.15, -0.1) is 0 Å². The largest absolute Gasteiger partial charge is 0.261 e. The van der Waals surface area contributed by atoms with E-state index >= 15 is 0 Å². The number of nitrogens with zero attached hydrogens (tertiary/aromatic N) is 1. The van der Waals surface area contributed by atoms with Crippen molar-refractivity contribution >= 4 is 0 Å². The van der Waals surface area contributed by atoms with Crippen molar-refractivity contribution in [2.24, 2.45) is 5.92 Å². The first-order valence-corrected chi connectivity index (χ1v) is 6.12. The van der Waals surface area contributed by atoms with Crippen LogP contribution in [0, 0.1) is 5.92 Å². The minimum Gasteiger partial charge on any atom is -0.261 e. The van der Waals surface area contributed by atoms with Crippen molar-refractivity contribution in [1.82, 2.24) is 4.98 Å². The van der Waals surface area contributed by atoms with E-state index < -0.39 is 0 Å². The smallest absolute Gasteiger partial charge is 0.0434 e. The maximum atomic E-state index is 4.30. The number of rotatable bonds is 2. The molecule has 0 N–H and O–H groups in total. The SMILES string of the molecule is C.CC.CC.CC(C)C(C)c1ccccn1. The van der Waals surface area contributed by atoms with Crippen molar-refractivity contribution in [3.8, 4) is 0 Å².